The van der Waals surface area contributed by atoms with Crippen molar-refractivity contribution in [3.63, 3.8) is 0 Å². The van der Waals surface area contributed by atoms with Crippen LogP contribution < -0.4 is 14.8 Å². The molecule has 2 aromatic rings. The van der Waals surface area contributed by atoms with E-state index in [1.165, 1.54) is 5.56 Å². The smallest absolute Gasteiger partial charge is 0.213 e. The Morgan fingerprint density at radius 2 is 1.96 bits per heavy atom. The first-order valence-corrected chi connectivity index (χ1v) is 8.59. The lowest BCUT2D eigenvalue weighted by Crippen LogP contribution is -2.39. The van der Waals surface area contributed by atoms with Crippen LogP contribution in [0.15, 0.2) is 55.0 Å². The number of aromatic nitrogens is 1. The van der Waals surface area contributed by atoms with Crippen molar-refractivity contribution in [3.05, 3.63) is 60.6 Å². The van der Waals surface area contributed by atoms with E-state index in [2.05, 4.69) is 34.8 Å². The Hall–Kier alpha value is -2.69. The van der Waals surface area contributed by atoms with Gasteiger partial charge in [0.1, 0.15) is 11.9 Å². The van der Waals surface area contributed by atoms with E-state index < -0.39 is 0 Å². The Balaban J connectivity index is 1.49. The van der Waals surface area contributed by atoms with Gasteiger partial charge in [0.05, 0.1) is 24.8 Å². The number of benzene rings is 1. The van der Waals surface area contributed by atoms with Crippen molar-refractivity contribution in [2.45, 2.75) is 25.9 Å². The third-order valence-electron chi connectivity index (χ3n) is 4.45. The Bertz CT molecular complexity index is 707. The second kappa shape index (κ2) is 7.92. The number of hydrogen-bond donors (Lipinski definition) is 1. The molecule has 5 heteroatoms. The number of methoxy groups -OCH3 is 1. The fourth-order valence-electron chi connectivity index (χ4n) is 2.93. The number of para-hydroxylation sites is 1. The van der Waals surface area contributed by atoms with Gasteiger partial charge in [0.25, 0.3) is 0 Å². The summed E-state index contributed by atoms with van der Waals surface area (Å²) in [5, 5.41) is 3.31. The molecule has 0 atom stereocenters. The molecule has 1 fully saturated rings. The molecule has 0 spiro atoms. The molecule has 25 heavy (non-hydrogen) atoms. The zero-order valence-corrected chi connectivity index (χ0v) is 14.9. The molecule has 1 aromatic carbocycles. The lowest BCUT2D eigenvalue weighted by atomic mass is 10.1. The van der Waals surface area contributed by atoms with Crippen LogP contribution in [-0.2, 0) is 0 Å². The van der Waals surface area contributed by atoms with Crippen molar-refractivity contribution in [3.8, 4) is 11.6 Å². The van der Waals surface area contributed by atoms with Crippen LogP contribution in [0, 0.1) is 6.92 Å². The number of rotatable bonds is 6. The predicted octanol–water partition coefficient (Wildman–Crippen LogP) is 3.83. The minimum Gasteiger partial charge on any atom is -0.490 e. The highest BCUT2D eigenvalue weighted by Crippen LogP contribution is 2.24. The van der Waals surface area contributed by atoms with E-state index >= 15 is 0 Å². The van der Waals surface area contributed by atoms with Crippen molar-refractivity contribution in [2.75, 3.05) is 25.5 Å². The van der Waals surface area contributed by atoms with Crippen molar-refractivity contribution in [2.24, 2.45) is 0 Å². The summed E-state index contributed by atoms with van der Waals surface area (Å²) < 4.78 is 11.2. The average Bonchev–Trinajstić information content (AvgIpc) is 2.65. The standard InChI is InChI=1S/C20H25N3O2/c1-15-6-4-5-7-19(15)25-18-10-12-23(13-11-18)16(2)22-17-8-9-20(24-3)21-14-17/h4-9,14,18,22H,2,10-13H2,1,3H3. The van der Waals surface area contributed by atoms with Gasteiger partial charge in [0, 0.05) is 32.0 Å². The van der Waals surface area contributed by atoms with Gasteiger partial charge in [-0.1, -0.05) is 24.8 Å². The average molecular weight is 339 g/mol. The summed E-state index contributed by atoms with van der Waals surface area (Å²) in [5.41, 5.74) is 2.09. The van der Waals surface area contributed by atoms with E-state index in [0.29, 0.717) is 5.88 Å². The molecule has 1 aromatic heterocycles. The molecular weight excluding hydrogens is 314 g/mol. The molecule has 0 saturated carbocycles. The minimum atomic E-state index is 0.257. The SMILES string of the molecule is C=C(Nc1ccc(OC)nc1)N1CCC(Oc2ccccc2C)CC1. The molecule has 2 heterocycles. The highest BCUT2D eigenvalue weighted by molar-refractivity contribution is 5.46. The Morgan fingerprint density at radius 3 is 2.60 bits per heavy atom. The molecule has 1 saturated heterocycles. The van der Waals surface area contributed by atoms with Crippen LogP contribution in [0.3, 0.4) is 0 Å². The van der Waals surface area contributed by atoms with Crippen molar-refractivity contribution < 1.29 is 9.47 Å². The van der Waals surface area contributed by atoms with Crippen LogP contribution in [0.2, 0.25) is 0 Å². The number of anilines is 1. The van der Waals surface area contributed by atoms with Gasteiger partial charge in [-0.3, -0.25) is 0 Å². The molecule has 132 valence electrons. The van der Waals surface area contributed by atoms with Gasteiger partial charge in [-0.25, -0.2) is 4.98 Å². The van der Waals surface area contributed by atoms with E-state index in [1.807, 2.05) is 30.3 Å². The van der Waals surface area contributed by atoms with Crippen LogP contribution >= 0.6 is 0 Å². The third kappa shape index (κ3) is 4.44. The lowest BCUT2D eigenvalue weighted by Gasteiger charge is -2.35. The summed E-state index contributed by atoms with van der Waals surface area (Å²) in [6.07, 6.45) is 3.97. The molecule has 5 nitrogen and oxygen atoms in total. The molecule has 0 bridgehead atoms. The van der Waals surface area contributed by atoms with E-state index in [9.17, 15) is 0 Å². The quantitative estimate of drug-likeness (QED) is 0.867. The van der Waals surface area contributed by atoms with Gasteiger partial charge in [-0.15, -0.1) is 0 Å². The van der Waals surface area contributed by atoms with Gasteiger partial charge < -0.3 is 19.7 Å². The van der Waals surface area contributed by atoms with Gasteiger partial charge in [0.15, 0.2) is 0 Å². The topological polar surface area (TPSA) is 46.6 Å². The van der Waals surface area contributed by atoms with Crippen LogP contribution in [0.1, 0.15) is 18.4 Å². The predicted molar refractivity (Wildman–Crippen MR) is 100.0 cm³/mol. The van der Waals surface area contributed by atoms with E-state index in [0.717, 1.165) is 43.2 Å². The number of nitrogens with one attached hydrogen (secondary N) is 1. The molecule has 1 N–H and O–H groups in total. The Morgan fingerprint density at radius 1 is 1.20 bits per heavy atom. The van der Waals surface area contributed by atoms with E-state index in [1.54, 1.807) is 13.3 Å². The first-order chi connectivity index (χ1) is 12.2. The zero-order valence-electron chi connectivity index (χ0n) is 14.9. The van der Waals surface area contributed by atoms with Gasteiger partial charge in [-0.2, -0.15) is 0 Å². The maximum atomic E-state index is 6.16. The maximum absolute atomic E-state index is 6.16. The second-order valence-electron chi connectivity index (χ2n) is 6.23. The fraction of sp³-hybridized carbons (Fsp3) is 0.350. The van der Waals surface area contributed by atoms with Crippen molar-refractivity contribution in [1.29, 1.82) is 0 Å². The molecule has 0 unspecified atom stereocenters. The van der Waals surface area contributed by atoms with E-state index in [4.69, 9.17) is 9.47 Å². The highest BCUT2D eigenvalue weighted by atomic mass is 16.5. The minimum absolute atomic E-state index is 0.257. The normalized spacial score (nSPS) is 14.9. The lowest BCUT2D eigenvalue weighted by molar-refractivity contribution is 0.117. The second-order valence-corrected chi connectivity index (χ2v) is 6.23. The van der Waals surface area contributed by atoms with Crippen LogP contribution in [0.5, 0.6) is 11.6 Å². The van der Waals surface area contributed by atoms with Crippen molar-refractivity contribution >= 4 is 5.69 Å². The molecule has 1 aliphatic heterocycles. The van der Waals surface area contributed by atoms with Crippen molar-refractivity contribution in [1.82, 2.24) is 9.88 Å². The number of hydrogen-bond acceptors (Lipinski definition) is 5. The molecule has 0 aliphatic carbocycles. The summed E-state index contributed by atoms with van der Waals surface area (Å²) in [7, 11) is 1.61. The first kappa shape index (κ1) is 17.1. The molecule has 3 rings (SSSR count). The van der Waals surface area contributed by atoms with Crippen LogP contribution in [-0.4, -0.2) is 36.2 Å². The summed E-state index contributed by atoms with van der Waals surface area (Å²) in [4.78, 5) is 6.45. The Labute approximate surface area is 149 Å². The largest absolute Gasteiger partial charge is 0.490 e. The zero-order chi connectivity index (χ0) is 17.6. The van der Waals surface area contributed by atoms with Gasteiger partial charge >= 0.3 is 0 Å². The summed E-state index contributed by atoms with van der Waals surface area (Å²) in [6, 6.07) is 11.9. The Kier molecular flexibility index (Phi) is 5.43. The summed E-state index contributed by atoms with van der Waals surface area (Å²) in [5.74, 6) is 2.48. The number of pyridine rings is 1. The van der Waals surface area contributed by atoms with Crippen LogP contribution in [0.25, 0.3) is 0 Å². The number of aryl methyl sites for hydroxylation is 1. The van der Waals surface area contributed by atoms with Crippen LogP contribution in [0.4, 0.5) is 5.69 Å². The molecule has 0 radical (unpaired) electrons. The van der Waals surface area contributed by atoms with Gasteiger partial charge in [-0.05, 0) is 24.6 Å². The number of nitrogens with zero attached hydrogens (tertiary/aromatic N) is 2. The number of ether oxygens (including phenoxy) is 2. The molecular formula is C20H25N3O2. The number of likely N-dealkylation sites (tertiary alicyclic amines) is 1. The highest BCUT2D eigenvalue weighted by Gasteiger charge is 2.21. The molecule has 1 aliphatic rings. The van der Waals surface area contributed by atoms with E-state index in [-0.39, 0.29) is 6.10 Å². The number of piperidine rings is 1. The third-order valence-corrected chi connectivity index (χ3v) is 4.45. The first-order valence-electron chi connectivity index (χ1n) is 8.59. The molecule has 0 amide bonds. The summed E-state index contributed by atoms with van der Waals surface area (Å²) >= 11 is 0. The van der Waals surface area contributed by atoms with Gasteiger partial charge in [0.2, 0.25) is 5.88 Å². The fourth-order valence-corrected chi connectivity index (χ4v) is 2.93. The maximum Gasteiger partial charge on any atom is 0.213 e. The summed E-state index contributed by atoms with van der Waals surface area (Å²) in [6.45, 7) is 8.08. The monoisotopic (exact) mass is 339 g/mol.